The minimum Gasteiger partial charge on any atom is -0.325 e. The second kappa shape index (κ2) is 9.61. The van der Waals surface area contributed by atoms with Gasteiger partial charge in [0.05, 0.1) is 38.8 Å². The number of fused-ring (bicyclic) bond motifs is 1. The van der Waals surface area contributed by atoms with Crippen LogP contribution >= 0.6 is 23.5 Å². The lowest BCUT2D eigenvalue weighted by atomic mass is 10.1. The zero-order valence-electron chi connectivity index (χ0n) is 17.5. The summed E-state index contributed by atoms with van der Waals surface area (Å²) in [5.74, 6) is -0.654. The predicted molar refractivity (Wildman–Crippen MR) is 120 cm³/mol. The Morgan fingerprint density at radius 1 is 1.06 bits per heavy atom. The van der Waals surface area contributed by atoms with Crippen LogP contribution in [0.1, 0.15) is 16.8 Å². The average Bonchev–Trinajstić information content (AvgIpc) is 3.26. The van der Waals surface area contributed by atoms with Gasteiger partial charge in [-0.25, -0.2) is 4.98 Å². The van der Waals surface area contributed by atoms with Crippen molar-refractivity contribution in [1.29, 1.82) is 0 Å². The average molecular weight is 532 g/mol. The van der Waals surface area contributed by atoms with Crippen molar-refractivity contribution in [3.05, 3.63) is 75.7 Å². The maximum atomic E-state index is 13.2. The van der Waals surface area contributed by atoms with Gasteiger partial charge in [0.15, 0.2) is 5.16 Å². The molecule has 184 valence electrons. The van der Waals surface area contributed by atoms with Crippen molar-refractivity contribution < 1.29 is 31.1 Å². The van der Waals surface area contributed by atoms with E-state index in [2.05, 4.69) is 10.3 Å². The molecule has 3 aromatic rings. The number of anilines is 1. The van der Waals surface area contributed by atoms with Crippen LogP contribution in [0.15, 0.2) is 63.4 Å². The predicted octanol–water partition coefficient (Wildman–Crippen LogP) is 5.65. The molecule has 2 heterocycles. The molecule has 0 unspecified atom stereocenters. The zero-order valence-corrected chi connectivity index (χ0v) is 19.2. The van der Waals surface area contributed by atoms with Gasteiger partial charge in [0.25, 0.3) is 5.56 Å². The first-order valence-electron chi connectivity index (χ1n) is 10.0. The Hall–Kier alpha value is -2.93. The molecule has 0 fully saturated rings. The first-order valence-corrected chi connectivity index (χ1v) is 12.0. The Morgan fingerprint density at radius 2 is 1.80 bits per heavy atom. The van der Waals surface area contributed by atoms with Crippen molar-refractivity contribution >= 4 is 35.1 Å². The Kier molecular flexibility index (Phi) is 6.91. The number of hydrogen-bond acceptors (Lipinski definition) is 5. The van der Waals surface area contributed by atoms with Crippen LogP contribution in [0, 0.1) is 0 Å². The van der Waals surface area contributed by atoms with Crippen LogP contribution in [0.2, 0.25) is 0 Å². The lowest BCUT2D eigenvalue weighted by molar-refractivity contribution is -0.138. The van der Waals surface area contributed by atoms with Gasteiger partial charge in [-0.1, -0.05) is 30.0 Å². The molecule has 35 heavy (non-hydrogen) atoms. The molecule has 2 aromatic carbocycles. The summed E-state index contributed by atoms with van der Waals surface area (Å²) in [5, 5.41) is 2.16. The fourth-order valence-corrected chi connectivity index (χ4v) is 5.25. The Balaban J connectivity index is 1.65. The number of aryl methyl sites for hydroxylation is 1. The number of hydrogen-bond donors (Lipinski definition) is 1. The third-order valence-corrected chi connectivity index (χ3v) is 6.98. The molecule has 0 spiro atoms. The molecule has 13 heteroatoms. The van der Waals surface area contributed by atoms with E-state index in [4.69, 9.17) is 0 Å². The van der Waals surface area contributed by atoms with Crippen LogP contribution in [-0.2, 0) is 23.6 Å². The minimum atomic E-state index is -4.68. The summed E-state index contributed by atoms with van der Waals surface area (Å²) in [7, 11) is 0. The number of amides is 1. The zero-order chi connectivity index (χ0) is 25.4. The molecule has 0 radical (unpaired) electrons. The highest BCUT2D eigenvalue weighted by Gasteiger charge is 2.34. The smallest absolute Gasteiger partial charge is 0.325 e. The van der Waals surface area contributed by atoms with Crippen molar-refractivity contribution in [1.82, 2.24) is 9.55 Å². The van der Waals surface area contributed by atoms with Crippen LogP contribution in [0.25, 0.3) is 5.69 Å². The highest BCUT2D eigenvalue weighted by atomic mass is 32.2. The summed E-state index contributed by atoms with van der Waals surface area (Å²) in [6.07, 6.45) is -8.85. The molecule has 1 N–H and O–H groups in total. The third-order valence-electron chi connectivity index (χ3n) is 4.94. The van der Waals surface area contributed by atoms with Gasteiger partial charge in [0, 0.05) is 12.2 Å². The molecule has 1 aliphatic heterocycles. The normalized spacial score (nSPS) is 13.5. The lowest BCUT2D eigenvalue weighted by Gasteiger charge is -2.16. The van der Waals surface area contributed by atoms with E-state index in [1.54, 1.807) is 0 Å². The summed E-state index contributed by atoms with van der Waals surface area (Å²) >= 11 is 1.98. The monoisotopic (exact) mass is 531 g/mol. The van der Waals surface area contributed by atoms with Crippen LogP contribution in [-0.4, -0.2) is 27.0 Å². The van der Waals surface area contributed by atoms with Crippen molar-refractivity contribution in [3.8, 4) is 5.69 Å². The van der Waals surface area contributed by atoms with Crippen LogP contribution in [0.5, 0.6) is 0 Å². The minimum absolute atomic E-state index is 0.0326. The fourth-order valence-electron chi connectivity index (χ4n) is 3.39. The quantitative estimate of drug-likeness (QED) is 0.262. The van der Waals surface area contributed by atoms with E-state index in [9.17, 15) is 35.9 Å². The van der Waals surface area contributed by atoms with Gasteiger partial charge in [-0.05, 0) is 30.3 Å². The van der Waals surface area contributed by atoms with E-state index < -0.39 is 46.4 Å². The molecule has 0 saturated heterocycles. The van der Waals surface area contributed by atoms with Gasteiger partial charge in [-0.15, -0.1) is 11.8 Å². The number of nitrogens with zero attached hydrogens (tertiary/aromatic N) is 2. The summed E-state index contributed by atoms with van der Waals surface area (Å²) < 4.78 is 80.3. The molecule has 0 bridgehead atoms. The molecule has 1 aliphatic rings. The van der Waals surface area contributed by atoms with Gasteiger partial charge >= 0.3 is 12.4 Å². The van der Waals surface area contributed by atoms with Gasteiger partial charge in [0.1, 0.15) is 0 Å². The summed E-state index contributed by atoms with van der Waals surface area (Å²) in [4.78, 5) is 30.3. The largest absolute Gasteiger partial charge is 0.418 e. The van der Waals surface area contributed by atoms with Crippen LogP contribution in [0.3, 0.4) is 0 Å². The maximum Gasteiger partial charge on any atom is 0.418 e. The standard InChI is InChI=1S/C22H15F6N3O2S2/c23-21(24,25)12-4-3-5-13(10-12)31-19(33)18-16(8-9-34-18)30-20(31)35-11-17(32)29-15-7-2-1-6-14(15)22(26,27)28/h1-7,10H,8-9,11H2,(H,29,32). The van der Waals surface area contributed by atoms with E-state index in [1.165, 1.54) is 30.0 Å². The molecular weight excluding hydrogens is 516 g/mol. The van der Waals surface area contributed by atoms with Gasteiger partial charge in [0.2, 0.25) is 5.91 Å². The number of carbonyl (C=O) groups excluding carboxylic acids is 1. The number of para-hydroxylation sites is 1. The Bertz CT molecular complexity index is 1340. The number of carbonyl (C=O) groups is 1. The van der Waals surface area contributed by atoms with Crippen LogP contribution in [0.4, 0.5) is 32.0 Å². The van der Waals surface area contributed by atoms with Crippen molar-refractivity contribution in [2.75, 3.05) is 16.8 Å². The molecule has 0 saturated carbocycles. The molecule has 1 aromatic heterocycles. The highest BCUT2D eigenvalue weighted by molar-refractivity contribution is 8.00. The second-order valence-corrected chi connectivity index (χ2v) is 9.39. The number of nitrogens with one attached hydrogen (secondary N) is 1. The number of alkyl halides is 6. The second-order valence-electron chi connectivity index (χ2n) is 7.34. The SMILES string of the molecule is O=C(CSc1nc2c(c(=O)n1-c1cccc(C(F)(F)F)c1)SCC2)Nc1ccccc1C(F)(F)F. The summed E-state index contributed by atoms with van der Waals surface area (Å²) in [6, 6.07) is 8.59. The first-order chi connectivity index (χ1) is 16.4. The summed E-state index contributed by atoms with van der Waals surface area (Å²) in [6.45, 7) is 0. The molecule has 5 nitrogen and oxygen atoms in total. The van der Waals surface area contributed by atoms with Crippen LogP contribution < -0.4 is 10.9 Å². The number of rotatable bonds is 5. The number of aromatic nitrogens is 2. The first kappa shape index (κ1) is 25.2. The maximum absolute atomic E-state index is 13.2. The van der Waals surface area contributed by atoms with E-state index in [1.807, 2.05) is 0 Å². The lowest BCUT2D eigenvalue weighted by Crippen LogP contribution is -2.25. The van der Waals surface area contributed by atoms with E-state index in [-0.39, 0.29) is 10.8 Å². The number of thioether (sulfide) groups is 2. The topological polar surface area (TPSA) is 64.0 Å². The highest BCUT2D eigenvalue weighted by Crippen LogP contribution is 2.35. The fraction of sp³-hybridized carbons (Fsp3) is 0.227. The van der Waals surface area contributed by atoms with E-state index in [0.29, 0.717) is 22.8 Å². The van der Waals surface area contributed by atoms with Gasteiger partial charge < -0.3 is 5.32 Å². The van der Waals surface area contributed by atoms with Crippen molar-refractivity contribution in [2.45, 2.75) is 28.8 Å². The molecule has 1 amide bonds. The third kappa shape index (κ3) is 5.50. The van der Waals surface area contributed by atoms with E-state index >= 15 is 0 Å². The molecule has 4 rings (SSSR count). The Morgan fingerprint density at radius 3 is 2.51 bits per heavy atom. The molecule has 0 aliphatic carbocycles. The summed E-state index contributed by atoms with van der Waals surface area (Å²) in [5.41, 5.74) is -2.60. The van der Waals surface area contributed by atoms with E-state index in [0.717, 1.165) is 46.7 Å². The van der Waals surface area contributed by atoms with Gasteiger partial charge in [-0.3, -0.25) is 14.2 Å². The van der Waals surface area contributed by atoms with Crippen molar-refractivity contribution in [3.63, 3.8) is 0 Å². The van der Waals surface area contributed by atoms with Crippen molar-refractivity contribution in [2.24, 2.45) is 0 Å². The molecule has 0 atom stereocenters. The number of halogens is 6. The number of benzene rings is 2. The molecular formula is C22H15F6N3O2S2. The Labute approximate surface area is 202 Å². The van der Waals surface area contributed by atoms with Gasteiger partial charge in [-0.2, -0.15) is 26.3 Å².